The van der Waals surface area contributed by atoms with E-state index in [9.17, 15) is 19.5 Å². The van der Waals surface area contributed by atoms with E-state index in [0.29, 0.717) is 6.61 Å². The Morgan fingerprint density at radius 3 is 2.30 bits per heavy atom. The zero-order valence-electron chi connectivity index (χ0n) is 40.1. The van der Waals surface area contributed by atoms with E-state index < -0.39 is 35.4 Å². The molecule has 67 heavy (non-hydrogen) atoms. The molecule has 0 aliphatic carbocycles. The lowest BCUT2D eigenvalue weighted by Crippen LogP contribution is -2.58. The second-order valence-corrected chi connectivity index (χ2v) is 19.6. The lowest BCUT2D eigenvalue weighted by molar-refractivity contribution is -0.144. The van der Waals surface area contributed by atoms with Crippen molar-refractivity contribution in [3.63, 3.8) is 0 Å². The van der Waals surface area contributed by atoms with Crippen LogP contribution in [-0.4, -0.2) is 91.9 Å². The quantitative estimate of drug-likeness (QED) is 0.0709. The summed E-state index contributed by atoms with van der Waals surface area (Å²) in [5.41, 5.74) is 11.3. The van der Waals surface area contributed by atoms with Crippen LogP contribution in [-0.2, 0) is 19.1 Å². The van der Waals surface area contributed by atoms with Gasteiger partial charge in [0.25, 0.3) is 0 Å². The first-order valence-electron chi connectivity index (χ1n) is 23.1. The number of thiazole rings is 1. The number of carbonyl (C=O) groups is 3. The van der Waals surface area contributed by atoms with Gasteiger partial charge in [0.2, 0.25) is 17.7 Å². The Bertz CT molecular complexity index is 2630. The predicted molar refractivity (Wildman–Crippen MR) is 262 cm³/mol. The molecule has 15 heteroatoms. The second-order valence-electron chi connectivity index (χ2n) is 18.7. The molecule has 1 fully saturated rings. The fourth-order valence-electron chi connectivity index (χ4n) is 8.82. The van der Waals surface area contributed by atoms with Crippen molar-refractivity contribution < 1.29 is 28.8 Å². The molecule has 1 saturated heterocycles. The molecule has 0 unspecified atom stereocenters. The van der Waals surface area contributed by atoms with Crippen molar-refractivity contribution in [2.24, 2.45) is 5.41 Å². The van der Waals surface area contributed by atoms with Gasteiger partial charge in [0.1, 0.15) is 30.3 Å². The van der Waals surface area contributed by atoms with E-state index in [0.717, 1.165) is 98.5 Å². The monoisotopic (exact) mass is 928 g/mol. The first-order valence-corrected chi connectivity index (χ1v) is 24.0. The average molecular weight is 929 g/mol. The Morgan fingerprint density at radius 1 is 0.925 bits per heavy atom. The summed E-state index contributed by atoms with van der Waals surface area (Å²) < 4.78 is 13.4. The zero-order chi connectivity index (χ0) is 48.0. The molecule has 4 atom stereocenters. The molecule has 0 spiro atoms. The van der Waals surface area contributed by atoms with Gasteiger partial charge in [-0.05, 0) is 119 Å². The number of aromatic nitrogens is 4. The maximum absolute atomic E-state index is 14.2. The van der Waals surface area contributed by atoms with Crippen LogP contribution in [0.25, 0.3) is 27.3 Å². The highest BCUT2D eigenvalue weighted by Crippen LogP contribution is 2.36. The number of anilines is 2. The van der Waals surface area contributed by atoms with Crippen molar-refractivity contribution in [3.8, 4) is 27.3 Å². The number of nitrogens with one attached hydrogen (secondary N) is 2. The zero-order valence-corrected chi connectivity index (χ0v) is 40.9. The number of aliphatic hydroxyl groups excluding tert-OH is 1. The topological polar surface area (TPSA) is 168 Å². The molecule has 14 nitrogen and oxygen atoms in total. The highest BCUT2D eigenvalue weighted by molar-refractivity contribution is 7.13. The number of hydrogen-bond acceptors (Lipinski definition) is 11. The number of likely N-dealkylation sites (tertiary alicyclic amines) is 1. The molecule has 4 heterocycles. The van der Waals surface area contributed by atoms with Crippen LogP contribution < -0.4 is 15.5 Å². The highest BCUT2D eigenvalue weighted by atomic mass is 32.1. The summed E-state index contributed by atoms with van der Waals surface area (Å²) in [7, 11) is 0. The number of rotatable bonds is 18. The van der Waals surface area contributed by atoms with Crippen LogP contribution in [0.4, 0.5) is 11.4 Å². The minimum atomic E-state index is -0.951. The van der Waals surface area contributed by atoms with Crippen LogP contribution in [0.3, 0.4) is 0 Å². The third kappa shape index (κ3) is 11.5. The van der Waals surface area contributed by atoms with Crippen molar-refractivity contribution in [1.29, 1.82) is 0 Å². The molecule has 6 aromatic rings. The third-order valence-electron chi connectivity index (χ3n) is 12.6. The van der Waals surface area contributed by atoms with Crippen LogP contribution in [0.15, 0.2) is 89.2 Å². The Balaban J connectivity index is 0.927. The van der Waals surface area contributed by atoms with Gasteiger partial charge in [-0.3, -0.25) is 14.4 Å². The largest absolute Gasteiger partial charge is 0.391 e. The van der Waals surface area contributed by atoms with Gasteiger partial charge in [0.15, 0.2) is 0 Å². The van der Waals surface area contributed by atoms with Crippen molar-refractivity contribution >= 4 is 40.4 Å². The van der Waals surface area contributed by atoms with Crippen molar-refractivity contribution in [1.82, 2.24) is 35.2 Å². The van der Waals surface area contributed by atoms with Crippen LogP contribution in [0.5, 0.6) is 0 Å². The molecule has 7 rings (SSSR count). The minimum Gasteiger partial charge on any atom is -0.391 e. The number of nitrogens with zero attached hydrogens (tertiary/aromatic N) is 6. The molecule has 3 aromatic heterocycles. The van der Waals surface area contributed by atoms with Crippen molar-refractivity contribution in [2.45, 2.75) is 112 Å². The molecule has 3 N–H and O–H groups in total. The molecule has 3 amide bonds. The second kappa shape index (κ2) is 21.2. The number of carbonyl (C=O) groups excluding carboxylic acids is 3. The van der Waals surface area contributed by atoms with Crippen LogP contribution in [0, 0.1) is 40.0 Å². The third-order valence-corrected chi connectivity index (χ3v) is 13.5. The van der Waals surface area contributed by atoms with Gasteiger partial charge in [-0.2, -0.15) is 0 Å². The number of aryl methyl sites for hydroxylation is 5. The number of imidazole rings is 1. The molecule has 1 aliphatic heterocycles. The summed E-state index contributed by atoms with van der Waals surface area (Å²) in [5.74, 6) is 0.496. The lowest BCUT2D eigenvalue weighted by Gasteiger charge is -2.35. The SMILES string of the molecule is Cc1ccc(-c2c(C)noc2C)cc1N(CCCCCOCC(=O)N[C@H](C(=O)N1C[C@H](O)C[C@H]1C(=O)N[C@@H](C)c1ccc(-c2scnc2C)cc1)C(C)(C)C)c1ccc(-n2ccnc2C)cc1. The summed E-state index contributed by atoms with van der Waals surface area (Å²) in [6, 6.07) is 20.8. The van der Waals surface area contributed by atoms with E-state index in [2.05, 4.69) is 84.6 Å². The number of amides is 3. The number of benzene rings is 3. The maximum Gasteiger partial charge on any atom is 0.246 e. The minimum absolute atomic E-state index is 0.00664. The van der Waals surface area contributed by atoms with E-state index in [4.69, 9.17) is 9.26 Å². The summed E-state index contributed by atoms with van der Waals surface area (Å²) in [5, 5.41) is 20.9. The normalized spacial score (nSPS) is 15.9. The van der Waals surface area contributed by atoms with Gasteiger partial charge in [0.05, 0.1) is 33.9 Å². The van der Waals surface area contributed by atoms with E-state index in [-0.39, 0.29) is 31.5 Å². The van der Waals surface area contributed by atoms with Crippen LogP contribution in [0.2, 0.25) is 0 Å². The van der Waals surface area contributed by atoms with Crippen LogP contribution >= 0.6 is 11.3 Å². The summed E-state index contributed by atoms with van der Waals surface area (Å²) in [6.45, 7) is 18.4. The van der Waals surface area contributed by atoms with Gasteiger partial charge in [-0.15, -0.1) is 11.3 Å². The molecule has 1 aliphatic rings. The van der Waals surface area contributed by atoms with Gasteiger partial charge >= 0.3 is 0 Å². The highest BCUT2D eigenvalue weighted by Gasteiger charge is 2.44. The van der Waals surface area contributed by atoms with Crippen LogP contribution in [0.1, 0.15) is 93.5 Å². The Morgan fingerprint density at radius 2 is 1.66 bits per heavy atom. The summed E-state index contributed by atoms with van der Waals surface area (Å²) >= 11 is 1.58. The number of β-amino-alcohol motifs (C(OH)–C–C–N with tert-alkyl or cyclic N) is 1. The number of unbranched alkanes of at least 4 members (excludes halogenated alkanes) is 2. The Kier molecular flexibility index (Phi) is 15.4. The van der Waals surface area contributed by atoms with Gasteiger partial charge in [-0.1, -0.05) is 62.3 Å². The van der Waals surface area contributed by atoms with E-state index in [1.165, 1.54) is 4.90 Å². The smallest absolute Gasteiger partial charge is 0.246 e. The summed E-state index contributed by atoms with van der Waals surface area (Å²) in [4.78, 5) is 54.9. The average Bonchev–Trinajstić information content (AvgIpc) is 4.11. The molecule has 0 saturated carbocycles. The van der Waals surface area contributed by atoms with Gasteiger partial charge in [0, 0.05) is 61.1 Å². The van der Waals surface area contributed by atoms with Crippen molar-refractivity contribution in [2.75, 3.05) is 31.2 Å². The molecular formula is C52H64N8O6S. The Labute approximate surface area is 397 Å². The predicted octanol–water partition coefficient (Wildman–Crippen LogP) is 8.89. The molecule has 0 radical (unpaired) electrons. The fraction of sp³-hybridized carbons (Fsp3) is 0.423. The lowest BCUT2D eigenvalue weighted by atomic mass is 9.85. The van der Waals surface area contributed by atoms with Gasteiger partial charge in [-0.25, -0.2) is 9.97 Å². The maximum atomic E-state index is 14.2. The number of hydrogen-bond donors (Lipinski definition) is 3. The van der Waals surface area contributed by atoms with E-state index in [1.807, 2.05) is 91.4 Å². The Hall–Kier alpha value is -6.16. The fourth-order valence-corrected chi connectivity index (χ4v) is 9.63. The number of ether oxygens (including phenoxy) is 1. The van der Waals surface area contributed by atoms with E-state index in [1.54, 1.807) is 17.5 Å². The molecule has 0 bridgehead atoms. The molecular weight excluding hydrogens is 865 g/mol. The standard InChI is InChI=1S/C52H64N8O6S/c1-32-13-14-40(47-34(3)57-66-36(47)5)27-44(32)59(42-21-19-41(20-22-42)58-25-23-53-37(58)6)24-11-10-12-26-65-30-46(62)56-49(52(7,8)9)51(64)60-29-43(61)28-45(60)50(63)55-33(2)38-15-17-39(18-16-38)48-35(4)54-31-67-48/h13-23,25,27,31,33,43,45,49,61H,10-12,24,26,28-30H2,1-9H3,(H,55,63)(H,56,62)/t33-,43+,45-,49+/m0/s1. The van der Waals surface area contributed by atoms with Gasteiger partial charge < -0.3 is 39.4 Å². The van der Waals surface area contributed by atoms with Crippen molar-refractivity contribution in [3.05, 3.63) is 119 Å². The first kappa shape index (κ1) is 48.8. The first-order chi connectivity index (χ1) is 32.0. The number of aliphatic hydroxyl groups is 1. The molecule has 3 aromatic carbocycles. The molecule has 354 valence electrons. The summed E-state index contributed by atoms with van der Waals surface area (Å²) in [6.07, 6.45) is 5.44. The van der Waals surface area contributed by atoms with E-state index >= 15 is 0 Å².